The van der Waals surface area contributed by atoms with Crippen LogP contribution in [0.3, 0.4) is 0 Å². The second kappa shape index (κ2) is 8.73. The summed E-state index contributed by atoms with van der Waals surface area (Å²) in [6.45, 7) is 7.17. The van der Waals surface area contributed by atoms with E-state index in [1.807, 2.05) is 6.92 Å². The maximum atomic E-state index is 13.1. The number of fused-ring (bicyclic) bond motifs is 1. The predicted octanol–water partition coefficient (Wildman–Crippen LogP) is 2.27. The van der Waals surface area contributed by atoms with Gasteiger partial charge in [0, 0.05) is 10.8 Å². The van der Waals surface area contributed by atoms with Crippen LogP contribution < -0.4 is 19.5 Å². The van der Waals surface area contributed by atoms with Crippen LogP contribution in [0, 0.1) is 0 Å². The maximum Gasteiger partial charge on any atom is 0.327 e. The summed E-state index contributed by atoms with van der Waals surface area (Å²) in [4.78, 5) is 39.2. The fourth-order valence-corrected chi connectivity index (χ4v) is 5.88. The number of hydrogen-bond donors (Lipinski definition) is 2. The van der Waals surface area contributed by atoms with Gasteiger partial charge in [-0.3, -0.25) is 9.59 Å². The third-order valence-corrected chi connectivity index (χ3v) is 7.62. The number of aliphatic carboxylic acids is 1. The fourth-order valence-electron chi connectivity index (χ4n) is 4.23. The number of nitrogens with zero attached hydrogens (tertiary/aromatic N) is 1. The van der Waals surface area contributed by atoms with Gasteiger partial charge >= 0.3 is 5.97 Å². The second-order valence-electron chi connectivity index (χ2n) is 8.63. The number of ether oxygens (including phenoxy) is 3. The van der Waals surface area contributed by atoms with E-state index in [0.29, 0.717) is 30.1 Å². The van der Waals surface area contributed by atoms with Crippen LogP contribution in [0.1, 0.15) is 40.5 Å². The van der Waals surface area contributed by atoms with Gasteiger partial charge in [0.15, 0.2) is 17.6 Å². The largest absolute Gasteiger partial charge is 0.493 e. The van der Waals surface area contributed by atoms with Crippen molar-refractivity contribution in [3.63, 3.8) is 0 Å². The van der Waals surface area contributed by atoms with Gasteiger partial charge in [0.25, 0.3) is 11.8 Å². The minimum atomic E-state index is -1.20. The van der Waals surface area contributed by atoms with Crippen molar-refractivity contribution in [2.75, 3.05) is 14.2 Å². The van der Waals surface area contributed by atoms with Crippen molar-refractivity contribution in [3.05, 3.63) is 18.2 Å². The van der Waals surface area contributed by atoms with Gasteiger partial charge in [0.05, 0.1) is 14.2 Å². The lowest BCUT2D eigenvalue weighted by molar-refractivity contribution is -0.168. The zero-order valence-electron chi connectivity index (χ0n) is 19.1. The summed E-state index contributed by atoms with van der Waals surface area (Å²) in [5.74, 6) is -0.422. The Morgan fingerprint density at radius 3 is 2.44 bits per heavy atom. The first-order valence-electron chi connectivity index (χ1n) is 10.4. The number of amides is 2. The number of nitrogens with one attached hydrogen (secondary N) is 1. The second-order valence-corrected chi connectivity index (χ2v) is 10.4. The van der Waals surface area contributed by atoms with Crippen LogP contribution in [-0.2, 0) is 14.4 Å². The summed E-state index contributed by atoms with van der Waals surface area (Å²) in [5, 5.41) is 12.0. The number of β-lactam (4-membered cyclic amide) rings is 1. The molecular formula is C22H30N2O7S. The Labute approximate surface area is 191 Å². The molecule has 2 fully saturated rings. The third kappa shape index (κ3) is 3.96. The molecule has 4 atom stereocenters. The van der Waals surface area contributed by atoms with E-state index >= 15 is 0 Å². The lowest BCUT2D eigenvalue weighted by Crippen LogP contribution is -2.78. The monoisotopic (exact) mass is 466 g/mol. The van der Waals surface area contributed by atoms with Crippen molar-refractivity contribution in [1.82, 2.24) is 10.2 Å². The molecule has 176 valence electrons. The Morgan fingerprint density at radius 2 is 1.88 bits per heavy atom. The highest BCUT2D eigenvalue weighted by atomic mass is 32.2. The summed E-state index contributed by atoms with van der Waals surface area (Å²) < 4.78 is 15.8. The number of carboxylic acid groups (broad SMARTS) is 1. The Morgan fingerprint density at radius 1 is 1.22 bits per heavy atom. The molecule has 2 aliphatic heterocycles. The summed E-state index contributed by atoms with van der Waals surface area (Å²) in [6.07, 6.45) is 0.301. The molecule has 9 nitrogen and oxygen atoms in total. The van der Waals surface area contributed by atoms with Gasteiger partial charge < -0.3 is 29.5 Å². The van der Waals surface area contributed by atoms with Crippen LogP contribution in [0.15, 0.2) is 18.2 Å². The fraction of sp³-hybridized carbons (Fsp3) is 0.591. The highest BCUT2D eigenvalue weighted by Crippen LogP contribution is 2.54. The Kier molecular flexibility index (Phi) is 6.55. The van der Waals surface area contributed by atoms with E-state index in [0.717, 1.165) is 0 Å². The molecule has 32 heavy (non-hydrogen) atoms. The minimum Gasteiger partial charge on any atom is -0.493 e. The topological polar surface area (TPSA) is 114 Å². The van der Waals surface area contributed by atoms with E-state index < -0.39 is 45.6 Å². The molecule has 0 aromatic heterocycles. The number of rotatable bonds is 9. The molecule has 0 bridgehead atoms. The molecule has 2 N–H and O–H groups in total. The first kappa shape index (κ1) is 24.0. The molecule has 2 amide bonds. The van der Waals surface area contributed by atoms with Gasteiger partial charge in [-0.2, -0.15) is 0 Å². The molecule has 2 heterocycles. The van der Waals surface area contributed by atoms with Crippen LogP contribution in [-0.4, -0.2) is 69.8 Å². The van der Waals surface area contributed by atoms with Crippen molar-refractivity contribution in [2.45, 2.75) is 68.3 Å². The quantitative estimate of drug-likeness (QED) is 0.533. The number of methoxy groups -OCH3 is 2. The molecule has 2 aliphatic rings. The normalized spacial score (nSPS) is 26.6. The Bertz CT molecular complexity index is 922. The van der Waals surface area contributed by atoms with Crippen molar-refractivity contribution in [3.8, 4) is 17.2 Å². The van der Waals surface area contributed by atoms with Gasteiger partial charge in [-0.1, -0.05) is 13.3 Å². The van der Waals surface area contributed by atoms with Crippen LogP contribution in [0.2, 0.25) is 0 Å². The molecule has 2 saturated heterocycles. The first-order valence-corrected chi connectivity index (χ1v) is 11.3. The molecule has 1 aromatic rings. The van der Waals surface area contributed by atoms with Crippen molar-refractivity contribution in [1.29, 1.82) is 0 Å². The predicted molar refractivity (Wildman–Crippen MR) is 119 cm³/mol. The molecule has 10 heteroatoms. The number of carbonyl (C=O) groups is 3. The van der Waals surface area contributed by atoms with Crippen molar-refractivity contribution >= 4 is 29.5 Å². The Hall–Kier alpha value is -2.62. The molecular weight excluding hydrogens is 436 g/mol. The van der Waals surface area contributed by atoms with Gasteiger partial charge in [0.2, 0.25) is 0 Å². The molecule has 0 radical (unpaired) electrons. The number of carboxylic acids is 1. The Balaban J connectivity index is 1.77. The maximum absolute atomic E-state index is 13.1. The standard InChI is InChI=1S/C22H30N2O7S/c1-7-8-14(31-12-9-10-13(29-5)15(11-12)30-6)17(25)23-22(4)19(28)24-16(18(26)27)21(2,3)32-20(22)24/h9-11,14,16,20H,7-8H2,1-6H3,(H,23,25)(H,26,27)/t14?,16-,20+,22-/m0/s1. The average Bonchev–Trinajstić information content (AvgIpc) is 3.02. The van der Waals surface area contributed by atoms with Crippen LogP contribution in [0.25, 0.3) is 0 Å². The van der Waals surface area contributed by atoms with Gasteiger partial charge in [-0.25, -0.2) is 4.79 Å². The first-order chi connectivity index (χ1) is 15.0. The van der Waals surface area contributed by atoms with Crippen molar-refractivity contribution in [2.24, 2.45) is 0 Å². The van der Waals surface area contributed by atoms with E-state index in [9.17, 15) is 19.5 Å². The highest BCUT2D eigenvalue weighted by molar-refractivity contribution is 8.01. The zero-order valence-corrected chi connectivity index (χ0v) is 19.9. The van der Waals surface area contributed by atoms with Crippen LogP contribution >= 0.6 is 11.8 Å². The smallest absolute Gasteiger partial charge is 0.327 e. The minimum absolute atomic E-state index is 0.400. The van der Waals surface area contributed by atoms with Gasteiger partial charge in [0.1, 0.15) is 22.7 Å². The number of carbonyl (C=O) groups excluding carboxylic acids is 2. The molecule has 0 spiro atoms. The SMILES string of the molecule is CCCC(Oc1ccc(OC)c(OC)c1)C(=O)N[C@@]1(C)C(=O)N2[C@@H](C(=O)O)C(C)(C)S[C@@H]21. The van der Waals surface area contributed by atoms with E-state index in [1.165, 1.54) is 30.9 Å². The number of hydrogen-bond acceptors (Lipinski definition) is 7. The van der Waals surface area contributed by atoms with Crippen LogP contribution in [0.5, 0.6) is 17.2 Å². The van der Waals surface area contributed by atoms with E-state index in [2.05, 4.69) is 5.32 Å². The molecule has 0 saturated carbocycles. The molecule has 1 unspecified atom stereocenters. The van der Waals surface area contributed by atoms with E-state index in [-0.39, 0.29) is 0 Å². The average molecular weight is 467 g/mol. The highest BCUT2D eigenvalue weighted by Gasteiger charge is 2.70. The van der Waals surface area contributed by atoms with E-state index in [4.69, 9.17) is 14.2 Å². The lowest BCUT2D eigenvalue weighted by Gasteiger charge is -2.51. The summed E-state index contributed by atoms with van der Waals surface area (Å²) in [5.41, 5.74) is -1.20. The summed E-state index contributed by atoms with van der Waals surface area (Å²) >= 11 is 1.38. The summed E-state index contributed by atoms with van der Waals surface area (Å²) in [7, 11) is 3.04. The number of benzene rings is 1. The van der Waals surface area contributed by atoms with Gasteiger partial charge in [-0.05, 0) is 39.3 Å². The zero-order chi connectivity index (χ0) is 23.8. The third-order valence-electron chi connectivity index (χ3n) is 5.87. The molecule has 1 aromatic carbocycles. The number of thioether (sulfide) groups is 1. The van der Waals surface area contributed by atoms with Crippen LogP contribution in [0.4, 0.5) is 0 Å². The van der Waals surface area contributed by atoms with E-state index in [1.54, 1.807) is 39.0 Å². The molecule has 0 aliphatic carbocycles. The summed E-state index contributed by atoms with van der Waals surface area (Å²) in [6, 6.07) is 4.07. The lowest BCUT2D eigenvalue weighted by atomic mass is 9.86. The van der Waals surface area contributed by atoms with Crippen molar-refractivity contribution < 1.29 is 33.7 Å². The molecule has 3 rings (SSSR count). The van der Waals surface area contributed by atoms with Gasteiger partial charge in [-0.15, -0.1) is 11.8 Å².